The van der Waals surface area contributed by atoms with Crippen molar-refractivity contribution in [2.75, 3.05) is 37.4 Å². The molecule has 1 aromatic rings. The van der Waals surface area contributed by atoms with E-state index < -0.39 is 0 Å². The van der Waals surface area contributed by atoms with E-state index in [-0.39, 0.29) is 0 Å². The smallest absolute Gasteiger partial charge is 0.146 e. The van der Waals surface area contributed by atoms with E-state index in [2.05, 4.69) is 16.8 Å². The van der Waals surface area contributed by atoms with Crippen molar-refractivity contribution in [2.24, 2.45) is 0 Å². The summed E-state index contributed by atoms with van der Waals surface area (Å²) in [6.45, 7) is 4.52. The average Bonchev–Trinajstić information content (AvgIpc) is 2.21. The maximum atomic E-state index is 5.78. The van der Waals surface area contributed by atoms with Gasteiger partial charge in [-0.3, -0.25) is 0 Å². The Morgan fingerprint density at radius 3 is 2.93 bits per heavy atom. The summed E-state index contributed by atoms with van der Waals surface area (Å²) in [7, 11) is 1.69. The second kappa shape index (κ2) is 5.44. The van der Waals surface area contributed by atoms with Crippen LogP contribution in [0.15, 0.2) is 18.3 Å². The van der Waals surface area contributed by atoms with Crippen LogP contribution in [-0.2, 0) is 4.74 Å². The van der Waals surface area contributed by atoms with Crippen LogP contribution in [0, 0.1) is 0 Å². The molecule has 14 heavy (non-hydrogen) atoms. The lowest BCUT2D eigenvalue weighted by atomic mass is 10.3. The molecule has 1 rings (SSSR count). The molecule has 2 N–H and O–H groups in total. The molecule has 0 atom stereocenters. The van der Waals surface area contributed by atoms with Crippen molar-refractivity contribution in [2.45, 2.75) is 6.92 Å². The summed E-state index contributed by atoms with van der Waals surface area (Å²) < 4.78 is 5.03. The van der Waals surface area contributed by atoms with E-state index in [0.29, 0.717) is 12.4 Å². The predicted octanol–water partition coefficient (Wildman–Crippen LogP) is 1.14. The monoisotopic (exact) mass is 195 g/mol. The van der Waals surface area contributed by atoms with E-state index in [1.807, 2.05) is 12.1 Å². The highest BCUT2D eigenvalue weighted by Crippen LogP contribution is 2.19. The van der Waals surface area contributed by atoms with Crippen LogP contribution in [-0.4, -0.2) is 31.8 Å². The summed E-state index contributed by atoms with van der Waals surface area (Å²) in [5.41, 5.74) is 6.75. The first-order valence-electron chi connectivity index (χ1n) is 4.74. The SMILES string of the molecule is CCN(CCOC)c1cccnc1N. The van der Waals surface area contributed by atoms with Crippen molar-refractivity contribution >= 4 is 11.5 Å². The molecule has 0 aliphatic rings. The number of nitrogens with zero attached hydrogens (tertiary/aromatic N) is 2. The average molecular weight is 195 g/mol. The van der Waals surface area contributed by atoms with Crippen molar-refractivity contribution in [1.82, 2.24) is 4.98 Å². The third-order valence-corrected chi connectivity index (χ3v) is 2.10. The lowest BCUT2D eigenvalue weighted by Crippen LogP contribution is -2.27. The molecular weight excluding hydrogens is 178 g/mol. The zero-order valence-electron chi connectivity index (χ0n) is 8.73. The molecule has 0 fully saturated rings. The van der Waals surface area contributed by atoms with Crippen molar-refractivity contribution in [1.29, 1.82) is 0 Å². The summed E-state index contributed by atoms with van der Waals surface area (Å²) in [5.74, 6) is 0.574. The summed E-state index contributed by atoms with van der Waals surface area (Å²) >= 11 is 0. The highest BCUT2D eigenvalue weighted by molar-refractivity contribution is 5.62. The van der Waals surface area contributed by atoms with Gasteiger partial charge in [-0.05, 0) is 19.1 Å². The van der Waals surface area contributed by atoms with Gasteiger partial charge in [0.2, 0.25) is 0 Å². The first-order valence-corrected chi connectivity index (χ1v) is 4.74. The van der Waals surface area contributed by atoms with Crippen LogP contribution in [0.25, 0.3) is 0 Å². The minimum absolute atomic E-state index is 0.574. The van der Waals surface area contributed by atoms with Crippen molar-refractivity contribution in [3.8, 4) is 0 Å². The molecule has 0 bridgehead atoms. The van der Waals surface area contributed by atoms with Gasteiger partial charge in [0.1, 0.15) is 5.82 Å². The second-order valence-corrected chi connectivity index (χ2v) is 2.98. The fraction of sp³-hybridized carbons (Fsp3) is 0.500. The zero-order chi connectivity index (χ0) is 10.4. The van der Waals surface area contributed by atoms with Gasteiger partial charge in [-0.2, -0.15) is 0 Å². The van der Waals surface area contributed by atoms with Gasteiger partial charge in [-0.15, -0.1) is 0 Å². The van der Waals surface area contributed by atoms with Crippen LogP contribution in [0.5, 0.6) is 0 Å². The van der Waals surface area contributed by atoms with E-state index in [1.165, 1.54) is 0 Å². The number of likely N-dealkylation sites (N-methyl/N-ethyl adjacent to an activating group) is 1. The molecule has 1 aromatic heterocycles. The summed E-state index contributed by atoms with van der Waals surface area (Å²) in [6.07, 6.45) is 1.70. The standard InChI is InChI=1S/C10H17N3O/c1-3-13(7-8-14-2)9-5-4-6-12-10(9)11/h4-6H,3,7-8H2,1-2H3,(H2,11,12). The van der Waals surface area contributed by atoms with Crippen LogP contribution in [0.1, 0.15) is 6.92 Å². The van der Waals surface area contributed by atoms with E-state index in [1.54, 1.807) is 13.3 Å². The van der Waals surface area contributed by atoms with Crippen molar-refractivity contribution in [3.05, 3.63) is 18.3 Å². The van der Waals surface area contributed by atoms with Crippen molar-refractivity contribution < 1.29 is 4.74 Å². The van der Waals surface area contributed by atoms with Gasteiger partial charge < -0.3 is 15.4 Å². The van der Waals surface area contributed by atoms with E-state index >= 15 is 0 Å². The number of pyridine rings is 1. The second-order valence-electron chi connectivity index (χ2n) is 2.98. The lowest BCUT2D eigenvalue weighted by molar-refractivity contribution is 0.205. The number of methoxy groups -OCH3 is 1. The molecule has 0 unspecified atom stereocenters. The van der Waals surface area contributed by atoms with Gasteiger partial charge in [-0.25, -0.2) is 4.98 Å². The largest absolute Gasteiger partial charge is 0.383 e. The van der Waals surface area contributed by atoms with Crippen LogP contribution < -0.4 is 10.6 Å². The van der Waals surface area contributed by atoms with E-state index in [0.717, 1.165) is 18.8 Å². The van der Waals surface area contributed by atoms with E-state index in [9.17, 15) is 0 Å². The van der Waals surface area contributed by atoms with Crippen molar-refractivity contribution in [3.63, 3.8) is 0 Å². The first kappa shape index (κ1) is 10.8. The van der Waals surface area contributed by atoms with Gasteiger partial charge in [-0.1, -0.05) is 0 Å². The molecule has 4 heteroatoms. The predicted molar refractivity (Wildman–Crippen MR) is 58.4 cm³/mol. The molecule has 0 saturated carbocycles. The minimum Gasteiger partial charge on any atom is -0.383 e. The third-order valence-electron chi connectivity index (χ3n) is 2.10. The quantitative estimate of drug-likeness (QED) is 0.765. The molecule has 4 nitrogen and oxygen atoms in total. The Labute approximate surface area is 84.7 Å². The summed E-state index contributed by atoms with van der Waals surface area (Å²) in [6, 6.07) is 3.86. The molecular formula is C10H17N3O. The van der Waals surface area contributed by atoms with Gasteiger partial charge in [0, 0.05) is 26.4 Å². The Kier molecular flexibility index (Phi) is 4.19. The fourth-order valence-corrected chi connectivity index (χ4v) is 1.33. The number of nitrogen functional groups attached to an aromatic ring is 1. The van der Waals surface area contributed by atoms with Crippen LogP contribution >= 0.6 is 0 Å². The number of aromatic nitrogens is 1. The molecule has 0 spiro atoms. The number of hydrogen-bond donors (Lipinski definition) is 1. The molecule has 0 aromatic carbocycles. The Morgan fingerprint density at radius 2 is 2.36 bits per heavy atom. The molecule has 0 aliphatic heterocycles. The highest BCUT2D eigenvalue weighted by Gasteiger charge is 2.07. The molecule has 0 radical (unpaired) electrons. The van der Waals surface area contributed by atoms with Gasteiger partial charge in [0.25, 0.3) is 0 Å². The number of hydrogen-bond acceptors (Lipinski definition) is 4. The Hall–Kier alpha value is -1.29. The van der Waals surface area contributed by atoms with Crippen LogP contribution in [0.3, 0.4) is 0 Å². The summed E-state index contributed by atoms with van der Waals surface area (Å²) in [5, 5.41) is 0. The first-order chi connectivity index (χ1) is 6.79. The van der Waals surface area contributed by atoms with Gasteiger partial charge in [0.05, 0.1) is 12.3 Å². The maximum Gasteiger partial charge on any atom is 0.146 e. The van der Waals surface area contributed by atoms with Crippen LogP contribution in [0.2, 0.25) is 0 Å². The molecule has 78 valence electrons. The molecule has 1 heterocycles. The Balaban J connectivity index is 2.73. The van der Waals surface area contributed by atoms with E-state index in [4.69, 9.17) is 10.5 Å². The zero-order valence-corrected chi connectivity index (χ0v) is 8.73. The minimum atomic E-state index is 0.574. The number of nitrogens with two attached hydrogens (primary N) is 1. The fourth-order valence-electron chi connectivity index (χ4n) is 1.33. The van der Waals surface area contributed by atoms with Gasteiger partial charge in [0.15, 0.2) is 0 Å². The number of ether oxygens (including phenoxy) is 1. The topological polar surface area (TPSA) is 51.4 Å². The lowest BCUT2D eigenvalue weighted by Gasteiger charge is -2.23. The maximum absolute atomic E-state index is 5.78. The Morgan fingerprint density at radius 1 is 1.57 bits per heavy atom. The molecule has 0 aliphatic carbocycles. The van der Waals surface area contributed by atoms with Gasteiger partial charge >= 0.3 is 0 Å². The number of anilines is 2. The third kappa shape index (κ3) is 2.60. The van der Waals surface area contributed by atoms with Crippen LogP contribution in [0.4, 0.5) is 11.5 Å². The highest BCUT2D eigenvalue weighted by atomic mass is 16.5. The Bertz CT molecular complexity index is 278. The number of rotatable bonds is 5. The molecule has 0 saturated heterocycles. The molecule has 0 amide bonds. The normalized spacial score (nSPS) is 10.1. The summed E-state index contributed by atoms with van der Waals surface area (Å²) in [4.78, 5) is 6.20.